The van der Waals surface area contributed by atoms with Crippen LogP contribution in [-0.2, 0) is 16.1 Å². The second-order valence-electron chi connectivity index (χ2n) is 4.61. The number of rotatable bonds is 5. The van der Waals surface area contributed by atoms with E-state index in [-0.39, 0.29) is 0 Å². The Morgan fingerprint density at radius 2 is 2.00 bits per heavy atom. The van der Waals surface area contributed by atoms with Crippen LogP contribution in [0.5, 0.6) is 0 Å². The highest BCUT2D eigenvalue weighted by atomic mass is 16.4. The molecule has 0 heterocycles. The molecule has 0 radical (unpaired) electrons. The van der Waals surface area contributed by atoms with Crippen LogP contribution in [-0.4, -0.2) is 24.0 Å². The number of aliphatic carboxylic acids is 1. The second kappa shape index (κ2) is 5.64. The lowest BCUT2D eigenvalue weighted by Gasteiger charge is -2.18. The van der Waals surface area contributed by atoms with Crippen molar-refractivity contribution in [3.8, 4) is 0 Å². The number of anilines is 1. The molecule has 0 aliphatic carbocycles. The highest BCUT2D eigenvalue weighted by Gasteiger charge is 2.35. The highest BCUT2D eigenvalue weighted by molar-refractivity contribution is 6.07. The molecule has 0 aliphatic rings. The summed E-state index contributed by atoms with van der Waals surface area (Å²) in [6, 6.07) is 7.28. The van der Waals surface area contributed by atoms with Gasteiger partial charge in [0.2, 0.25) is 5.91 Å². The van der Waals surface area contributed by atoms with Gasteiger partial charge in [0.25, 0.3) is 0 Å². The molecule has 0 aromatic heterocycles. The summed E-state index contributed by atoms with van der Waals surface area (Å²) in [6.07, 6.45) is 0. The molecular weight excluding hydrogens is 232 g/mol. The van der Waals surface area contributed by atoms with Crippen molar-refractivity contribution in [2.45, 2.75) is 20.4 Å². The molecule has 1 amide bonds. The number of hydrogen-bond acceptors (Lipinski definition) is 3. The van der Waals surface area contributed by atoms with Crippen molar-refractivity contribution in [2.24, 2.45) is 5.41 Å². The Kier molecular flexibility index (Phi) is 4.44. The van der Waals surface area contributed by atoms with Crippen LogP contribution in [0.4, 0.5) is 5.69 Å². The first kappa shape index (κ1) is 14.2. The summed E-state index contributed by atoms with van der Waals surface area (Å²) < 4.78 is 0. The van der Waals surface area contributed by atoms with Crippen LogP contribution >= 0.6 is 0 Å². The maximum atomic E-state index is 11.8. The third-order valence-corrected chi connectivity index (χ3v) is 2.67. The van der Waals surface area contributed by atoms with Crippen molar-refractivity contribution in [3.05, 3.63) is 29.8 Å². The number of benzene rings is 1. The number of carbonyl (C=O) groups excluding carboxylic acids is 1. The molecule has 98 valence electrons. The van der Waals surface area contributed by atoms with Gasteiger partial charge in [-0.1, -0.05) is 12.1 Å². The number of carboxylic acid groups (broad SMARTS) is 1. The summed E-state index contributed by atoms with van der Waals surface area (Å²) in [5.74, 6) is -1.68. The van der Waals surface area contributed by atoms with E-state index in [4.69, 9.17) is 5.11 Å². The van der Waals surface area contributed by atoms with Crippen molar-refractivity contribution in [2.75, 3.05) is 12.4 Å². The van der Waals surface area contributed by atoms with Crippen LogP contribution in [0.3, 0.4) is 0 Å². The van der Waals surface area contributed by atoms with E-state index in [0.29, 0.717) is 12.2 Å². The van der Waals surface area contributed by atoms with Crippen molar-refractivity contribution in [3.63, 3.8) is 0 Å². The molecule has 18 heavy (non-hydrogen) atoms. The average Bonchev–Trinajstić information content (AvgIpc) is 2.29. The van der Waals surface area contributed by atoms with Crippen LogP contribution in [0, 0.1) is 5.41 Å². The van der Waals surface area contributed by atoms with E-state index in [1.54, 1.807) is 6.07 Å². The Hall–Kier alpha value is -1.88. The molecule has 1 aromatic carbocycles. The summed E-state index contributed by atoms with van der Waals surface area (Å²) in [4.78, 5) is 22.8. The third kappa shape index (κ3) is 3.30. The van der Waals surface area contributed by atoms with Gasteiger partial charge in [0.1, 0.15) is 5.41 Å². The summed E-state index contributed by atoms with van der Waals surface area (Å²) in [5.41, 5.74) is 0.171. The van der Waals surface area contributed by atoms with E-state index in [1.807, 2.05) is 25.2 Å². The molecule has 0 saturated heterocycles. The Labute approximate surface area is 106 Å². The Balaban J connectivity index is 2.82. The van der Waals surface area contributed by atoms with Gasteiger partial charge in [-0.25, -0.2) is 0 Å². The minimum Gasteiger partial charge on any atom is -0.480 e. The molecule has 3 N–H and O–H groups in total. The predicted octanol–water partition coefficient (Wildman–Crippen LogP) is 1.46. The van der Waals surface area contributed by atoms with Crippen molar-refractivity contribution < 1.29 is 14.7 Å². The van der Waals surface area contributed by atoms with E-state index in [1.165, 1.54) is 13.8 Å². The van der Waals surface area contributed by atoms with Crippen molar-refractivity contribution in [1.82, 2.24) is 5.32 Å². The zero-order valence-electron chi connectivity index (χ0n) is 10.8. The second-order valence-corrected chi connectivity index (χ2v) is 4.61. The van der Waals surface area contributed by atoms with Crippen LogP contribution in [0.2, 0.25) is 0 Å². The summed E-state index contributed by atoms with van der Waals surface area (Å²) in [5, 5.41) is 14.6. The van der Waals surface area contributed by atoms with Crippen molar-refractivity contribution in [1.29, 1.82) is 0 Å². The van der Waals surface area contributed by atoms with E-state index >= 15 is 0 Å². The summed E-state index contributed by atoms with van der Waals surface area (Å²) >= 11 is 0. The number of nitrogens with one attached hydrogen (secondary N) is 2. The van der Waals surface area contributed by atoms with E-state index < -0.39 is 17.3 Å². The SMILES string of the molecule is CNCc1cccc(NC(=O)C(C)(C)C(=O)O)c1. The van der Waals surface area contributed by atoms with Crippen molar-refractivity contribution >= 4 is 17.6 Å². The molecule has 5 heteroatoms. The fourth-order valence-corrected chi connectivity index (χ4v) is 1.35. The van der Waals surface area contributed by atoms with E-state index in [9.17, 15) is 9.59 Å². The predicted molar refractivity (Wildman–Crippen MR) is 69.3 cm³/mol. The van der Waals surface area contributed by atoms with Gasteiger partial charge in [-0.05, 0) is 38.6 Å². The molecule has 1 aromatic rings. The minimum absolute atomic E-state index is 0.531. The highest BCUT2D eigenvalue weighted by Crippen LogP contribution is 2.19. The largest absolute Gasteiger partial charge is 0.480 e. The number of amides is 1. The number of carbonyl (C=O) groups is 2. The molecule has 0 aliphatic heterocycles. The first-order chi connectivity index (χ1) is 8.37. The standard InChI is InChI=1S/C13H18N2O3/c1-13(2,12(17)18)11(16)15-10-6-4-5-9(7-10)8-14-3/h4-7,14H,8H2,1-3H3,(H,15,16)(H,17,18). The molecule has 0 unspecified atom stereocenters. The minimum atomic E-state index is -1.45. The Morgan fingerprint density at radius 3 is 2.56 bits per heavy atom. The molecule has 0 fully saturated rings. The van der Waals surface area contributed by atoms with Crippen LogP contribution in [0.25, 0.3) is 0 Å². The van der Waals surface area contributed by atoms with Gasteiger partial charge in [0.05, 0.1) is 0 Å². The van der Waals surface area contributed by atoms with Gasteiger partial charge in [0, 0.05) is 12.2 Å². The Morgan fingerprint density at radius 1 is 1.33 bits per heavy atom. The fraction of sp³-hybridized carbons (Fsp3) is 0.385. The summed E-state index contributed by atoms with van der Waals surface area (Å²) in [7, 11) is 1.83. The zero-order valence-corrected chi connectivity index (χ0v) is 10.8. The lowest BCUT2D eigenvalue weighted by Crippen LogP contribution is -2.37. The third-order valence-electron chi connectivity index (χ3n) is 2.67. The maximum absolute atomic E-state index is 11.8. The van der Waals surface area contributed by atoms with Gasteiger partial charge in [-0.15, -0.1) is 0 Å². The smallest absolute Gasteiger partial charge is 0.318 e. The molecule has 0 bridgehead atoms. The molecular formula is C13H18N2O3. The van der Waals surface area contributed by atoms with Gasteiger partial charge in [-0.2, -0.15) is 0 Å². The fourth-order valence-electron chi connectivity index (χ4n) is 1.35. The van der Waals surface area contributed by atoms with Gasteiger partial charge in [0.15, 0.2) is 0 Å². The first-order valence-electron chi connectivity index (χ1n) is 5.66. The number of carboxylic acids is 1. The molecule has 1 rings (SSSR count). The van der Waals surface area contributed by atoms with Crippen LogP contribution in [0.15, 0.2) is 24.3 Å². The van der Waals surface area contributed by atoms with Gasteiger partial charge in [-0.3, -0.25) is 9.59 Å². The molecule has 5 nitrogen and oxygen atoms in total. The first-order valence-corrected chi connectivity index (χ1v) is 5.66. The quantitative estimate of drug-likeness (QED) is 0.691. The summed E-state index contributed by atoms with van der Waals surface area (Å²) in [6.45, 7) is 3.44. The van der Waals surface area contributed by atoms with Gasteiger partial charge >= 0.3 is 5.97 Å². The average molecular weight is 250 g/mol. The monoisotopic (exact) mass is 250 g/mol. The number of hydrogen-bond donors (Lipinski definition) is 3. The Bertz CT molecular complexity index is 455. The lowest BCUT2D eigenvalue weighted by atomic mass is 9.92. The topological polar surface area (TPSA) is 78.4 Å². The zero-order chi connectivity index (χ0) is 13.8. The van der Waals surface area contributed by atoms with Crippen LogP contribution < -0.4 is 10.6 Å². The lowest BCUT2D eigenvalue weighted by molar-refractivity contribution is -0.151. The maximum Gasteiger partial charge on any atom is 0.318 e. The van der Waals surface area contributed by atoms with Gasteiger partial charge < -0.3 is 15.7 Å². The normalized spacial score (nSPS) is 11.1. The molecule has 0 saturated carbocycles. The van der Waals surface area contributed by atoms with E-state index in [0.717, 1.165) is 5.56 Å². The molecule has 0 atom stereocenters. The van der Waals surface area contributed by atoms with E-state index in [2.05, 4.69) is 10.6 Å². The molecule has 0 spiro atoms. The van der Waals surface area contributed by atoms with Crippen LogP contribution in [0.1, 0.15) is 19.4 Å².